The molecule has 1 saturated heterocycles. The highest BCUT2D eigenvalue weighted by atomic mass is 16.2. The number of Topliss-reactive ketones (excluding diaryl/α,β-unsaturated/α-hetero) is 1. The Balaban J connectivity index is 2.08. The van der Waals surface area contributed by atoms with Crippen LogP contribution in [0.3, 0.4) is 0 Å². The molecule has 0 spiro atoms. The van der Waals surface area contributed by atoms with Crippen molar-refractivity contribution in [3.05, 3.63) is 17.8 Å². The minimum atomic E-state index is -0.164. The quantitative estimate of drug-likeness (QED) is 0.755. The molecular formula is C12H16N4O2. The molecular weight excluding hydrogens is 232 g/mol. The average molecular weight is 248 g/mol. The molecule has 6 nitrogen and oxygen atoms in total. The summed E-state index contributed by atoms with van der Waals surface area (Å²) in [7, 11) is 3.35. The summed E-state index contributed by atoms with van der Waals surface area (Å²) in [5, 5.41) is 7.97. The lowest BCUT2D eigenvalue weighted by Crippen LogP contribution is -2.34. The number of rotatable bonds is 2. The molecule has 2 rings (SSSR count). The minimum Gasteiger partial charge on any atom is -0.354 e. The standard InChI is InChI=1S/C12H16N4O2/c1-15(2)12(18)10-3-4-11(14-13-10)16-7-5-9(17)6-8-16/h3-4H,5-8H2,1-2H3. The van der Waals surface area contributed by atoms with Crippen molar-refractivity contribution in [1.29, 1.82) is 0 Å². The highest BCUT2D eigenvalue weighted by molar-refractivity contribution is 5.91. The lowest BCUT2D eigenvalue weighted by atomic mass is 10.1. The second kappa shape index (κ2) is 5.12. The first-order valence-corrected chi connectivity index (χ1v) is 5.90. The molecule has 1 fully saturated rings. The molecule has 1 aliphatic heterocycles. The monoisotopic (exact) mass is 248 g/mol. The van der Waals surface area contributed by atoms with Gasteiger partial charge in [0.1, 0.15) is 5.78 Å². The summed E-state index contributed by atoms with van der Waals surface area (Å²) in [6, 6.07) is 3.45. The van der Waals surface area contributed by atoms with Gasteiger partial charge in [-0.2, -0.15) is 0 Å². The van der Waals surface area contributed by atoms with Crippen LogP contribution in [-0.2, 0) is 4.79 Å². The Bertz CT molecular complexity index is 446. The number of aromatic nitrogens is 2. The fourth-order valence-corrected chi connectivity index (χ4v) is 1.82. The second-order valence-corrected chi connectivity index (χ2v) is 4.50. The van der Waals surface area contributed by atoms with E-state index in [0.29, 0.717) is 37.4 Å². The van der Waals surface area contributed by atoms with Gasteiger partial charge in [0.2, 0.25) is 0 Å². The van der Waals surface area contributed by atoms with Gasteiger partial charge in [0, 0.05) is 40.0 Å². The van der Waals surface area contributed by atoms with E-state index in [2.05, 4.69) is 10.2 Å². The first-order chi connectivity index (χ1) is 8.58. The maximum Gasteiger partial charge on any atom is 0.273 e. The highest BCUT2D eigenvalue weighted by Crippen LogP contribution is 2.15. The molecule has 6 heteroatoms. The van der Waals surface area contributed by atoms with Gasteiger partial charge in [0.05, 0.1) is 0 Å². The number of hydrogen-bond acceptors (Lipinski definition) is 5. The molecule has 0 aromatic carbocycles. The topological polar surface area (TPSA) is 66.4 Å². The van der Waals surface area contributed by atoms with Gasteiger partial charge in [0.25, 0.3) is 5.91 Å². The summed E-state index contributed by atoms with van der Waals surface area (Å²) in [6.07, 6.45) is 1.11. The smallest absolute Gasteiger partial charge is 0.273 e. The number of nitrogens with zero attached hydrogens (tertiary/aromatic N) is 4. The van der Waals surface area contributed by atoms with Gasteiger partial charge in [-0.05, 0) is 12.1 Å². The predicted molar refractivity (Wildman–Crippen MR) is 66.5 cm³/mol. The van der Waals surface area contributed by atoms with E-state index in [-0.39, 0.29) is 5.91 Å². The van der Waals surface area contributed by atoms with Crippen LogP contribution in [0.2, 0.25) is 0 Å². The van der Waals surface area contributed by atoms with Gasteiger partial charge < -0.3 is 9.80 Å². The van der Waals surface area contributed by atoms with E-state index >= 15 is 0 Å². The summed E-state index contributed by atoms with van der Waals surface area (Å²) < 4.78 is 0. The predicted octanol–water partition coefficient (Wildman–Crippen LogP) is 0.348. The molecule has 0 bridgehead atoms. The molecule has 1 aromatic rings. The molecule has 1 amide bonds. The Kier molecular flexibility index (Phi) is 3.55. The first-order valence-electron chi connectivity index (χ1n) is 5.90. The van der Waals surface area contributed by atoms with Crippen molar-refractivity contribution in [3.8, 4) is 0 Å². The summed E-state index contributed by atoms with van der Waals surface area (Å²) in [5.41, 5.74) is 0.330. The van der Waals surface area contributed by atoms with Crippen molar-refractivity contribution in [2.75, 3.05) is 32.1 Å². The van der Waals surface area contributed by atoms with Gasteiger partial charge in [0.15, 0.2) is 11.5 Å². The SMILES string of the molecule is CN(C)C(=O)c1ccc(N2CCC(=O)CC2)nn1. The number of carbonyl (C=O) groups excluding carboxylic acids is 2. The van der Waals surface area contributed by atoms with Crippen LogP contribution >= 0.6 is 0 Å². The maximum absolute atomic E-state index is 11.6. The van der Waals surface area contributed by atoms with Gasteiger partial charge in [-0.1, -0.05) is 0 Å². The molecule has 0 N–H and O–H groups in total. The third-order valence-corrected chi connectivity index (χ3v) is 2.92. The lowest BCUT2D eigenvalue weighted by Gasteiger charge is -2.26. The van der Waals surface area contributed by atoms with Crippen LogP contribution in [0.15, 0.2) is 12.1 Å². The Hall–Kier alpha value is -1.98. The molecule has 0 saturated carbocycles. The Morgan fingerprint density at radius 2 is 1.89 bits per heavy atom. The van der Waals surface area contributed by atoms with Crippen LogP contribution in [0.4, 0.5) is 5.82 Å². The average Bonchev–Trinajstić information content (AvgIpc) is 2.39. The Morgan fingerprint density at radius 1 is 1.22 bits per heavy atom. The summed E-state index contributed by atoms with van der Waals surface area (Å²) in [6.45, 7) is 1.35. The fourth-order valence-electron chi connectivity index (χ4n) is 1.82. The van der Waals surface area contributed by atoms with Crippen LogP contribution in [0.1, 0.15) is 23.3 Å². The van der Waals surface area contributed by atoms with E-state index < -0.39 is 0 Å². The van der Waals surface area contributed by atoms with Crippen molar-refractivity contribution >= 4 is 17.5 Å². The van der Waals surface area contributed by atoms with Crippen molar-refractivity contribution in [1.82, 2.24) is 15.1 Å². The molecule has 0 unspecified atom stereocenters. The zero-order valence-corrected chi connectivity index (χ0v) is 10.6. The summed E-state index contributed by atoms with van der Waals surface area (Å²) in [5.74, 6) is 0.847. The van der Waals surface area contributed by atoms with Crippen molar-refractivity contribution < 1.29 is 9.59 Å². The van der Waals surface area contributed by atoms with Crippen LogP contribution in [0.5, 0.6) is 0 Å². The molecule has 18 heavy (non-hydrogen) atoms. The van der Waals surface area contributed by atoms with Crippen LogP contribution < -0.4 is 4.90 Å². The van der Waals surface area contributed by atoms with E-state index in [1.165, 1.54) is 4.90 Å². The van der Waals surface area contributed by atoms with E-state index in [4.69, 9.17) is 0 Å². The van der Waals surface area contributed by atoms with Crippen molar-refractivity contribution in [2.24, 2.45) is 0 Å². The van der Waals surface area contributed by atoms with Crippen LogP contribution in [0, 0.1) is 0 Å². The Labute approximate surface area is 106 Å². The summed E-state index contributed by atoms with van der Waals surface area (Å²) in [4.78, 5) is 26.3. The molecule has 1 aromatic heterocycles. The minimum absolute atomic E-state index is 0.164. The molecule has 2 heterocycles. The Morgan fingerprint density at radius 3 is 2.39 bits per heavy atom. The number of carbonyl (C=O) groups is 2. The normalized spacial score (nSPS) is 15.7. The molecule has 0 radical (unpaired) electrons. The third-order valence-electron chi connectivity index (χ3n) is 2.92. The molecule has 1 aliphatic rings. The molecule has 0 atom stereocenters. The van der Waals surface area contributed by atoms with Gasteiger partial charge in [-0.3, -0.25) is 9.59 Å². The third kappa shape index (κ3) is 2.64. The van der Waals surface area contributed by atoms with E-state index in [1.54, 1.807) is 26.2 Å². The largest absolute Gasteiger partial charge is 0.354 e. The number of piperidine rings is 1. The molecule has 96 valence electrons. The first kappa shape index (κ1) is 12.5. The zero-order valence-electron chi connectivity index (χ0n) is 10.6. The zero-order chi connectivity index (χ0) is 13.1. The van der Waals surface area contributed by atoms with Gasteiger partial charge >= 0.3 is 0 Å². The second-order valence-electron chi connectivity index (χ2n) is 4.50. The fraction of sp³-hybridized carbons (Fsp3) is 0.500. The number of anilines is 1. The van der Waals surface area contributed by atoms with Crippen molar-refractivity contribution in [3.63, 3.8) is 0 Å². The van der Waals surface area contributed by atoms with E-state index in [0.717, 1.165) is 5.82 Å². The maximum atomic E-state index is 11.6. The number of hydrogen-bond donors (Lipinski definition) is 0. The van der Waals surface area contributed by atoms with E-state index in [9.17, 15) is 9.59 Å². The lowest BCUT2D eigenvalue weighted by molar-refractivity contribution is -0.119. The highest BCUT2D eigenvalue weighted by Gasteiger charge is 2.18. The van der Waals surface area contributed by atoms with E-state index in [1.807, 2.05) is 4.90 Å². The number of amides is 1. The van der Waals surface area contributed by atoms with Gasteiger partial charge in [-0.15, -0.1) is 10.2 Å². The van der Waals surface area contributed by atoms with Gasteiger partial charge in [-0.25, -0.2) is 0 Å². The number of ketones is 1. The summed E-state index contributed by atoms with van der Waals surface area (Å²) >= 11 is 0. The molecule has 0 aliphatic carbocycles. The van der Waals surface area contributed by atoms with Crippen LogP contribution in [0.25, 0.3) is 0 Å². The van der Waals surface area contributed by atoms with Crippen molar-refractivity contribution in [2.45, 2.75) is 12.8 Å². The van der Waals surface area contributed by atoms with Crippen LogP contribution in [-0.4, -0.2) is 54.0 Å².